The molecule has 2 rings (SSSR count). The van der Waals surface area contributed by atoms with Crippen molar-refractivity contribution in [3.8, 4) is 0 Å². The van der Waals surface area contributed by atoms with E-state index in [9.17, 15) is 0 Å². The van der Waals surface area contributed by atoms with Crippen LogP contribution in [0.2, 0.25) is 0 Å². The average Bonchev–Trinajstić information content (AvgIpc) is 2.85. The molecule has 1 N–H and O–H groups in total. The molecule has 0 unspecified atom stereocenters. The summed E-state index contributed by atoms with van der Waals surface area (Å²) in [5, 5.41) is 3.60. The largest absolute Gasteiger partial charge is 0.316 e. The second kappa shape index (κ2) is 6.72. The molecule has 102 valence electrons. The van der Waals surface area contributed by atoms with Gasteiger partial charge < -0.3 is 5.32 Å². The first-order valence-electron chi connectivity index (χ1n) is 7.56. The Morgan fingerprint density at radius 2 is 1.83 bits per heavy atom. The number of thiophene rings is 1. The number of rotatable bonds is 6. The average molecular weight is 265 g/mol. The first-order chi connectivity index (χ1) is 8.78. The van der Waals surface area contributed by atoms with Gasteiger partial charge in [0.05, 0.1) is 0 Å². The molecule has 1 heterocycles. The molecule has 0 spiro atoms. The van der Waals surface area contributed by atoms with E-state index in [2.05, 4.69) is 31.3 Å². The smallest absolute Gasteiger partial charge is 0.00541 e. The van der Waals surface area contributed by atoms with Gasteiger partial charge in [-0.3, -0.25) is 0 Å². The number of nitrogens with one attached hydrogen (secondary N) is 1. The summed E-state index contributed by atoms with van der Waals surface area (Å²) in [6.07, 6.45) is 9.61. The van der Waals surface area contributed by atoms with E-state index in [-0.39, 0.29) is 0 Å². The van der Waals surface area contributed by atoms with E-state index in [1.54, 1.807) is 9.75 Å². The van der Waals surface area contributed by atoms with Crippen LogP contribution in [0.15, 0.2) is 12.1 Å². The molecule has 0 saturated heterocycles. The summed E-state index contributed by atoms with van der Waals surface area (Å²) in [6.45, 7) is 6.79. The van der Waals surface area contributed by atoms with Gasteiger partial charge in [-0.05, 0) is 49.8 Å². The Labute approximate surface area is 116 Å². The van der Waals surface area contributed by atoms with E-state index >= 15 is 0 Å². The summed E-state index contributed by atoms with van der Waals surface area (Å²) in [5.41, 5.74) is 0.546. The minimum absolute atomic E-state index is 0.546. The van der Waals surface area contributed by atoms with Crippen molar-refractivity contribution < 1.29 is 0 Å². The lowest BCUT2D eigenvalue weighted by Crippen LogP contribution is -2.37. The lowest BCUT2D eigenvalue weighted by atomic mass is 9.71. The van der Waals surface area contributed by atoms with Crippen LogP contribution in [0, 0.1) is 5.41 Å². The van der Waals surface area contributed by atoms with Gasteiger partial charge in [0.1, 0.15) is 0 Å². The standard InChI is InChI=1S/C16H27NS/c1-3-14-8-9-15(18-14)12-16(13-17-4-2)10-6-5-7-11-16/h8-9,17H,3-7,10-13H2,1-2H3. The highest BCUT2D eigenvalue weighted by molar-refractivity contribution is 7.11. The van der Waals surface area contributed by atoms with Gasteiger partial charge in [-0.25, -0.2) is 0 Å². The molecule has 1 aromatic rings. The van der Waals surface area contributed by atoms with Gasteiger partial charge in [-0.1, -0.05) is 33.1 Å². The zero-order valence-electron chi connectivity index (χ0n) is 11.9. The normalized spacial score (nSPS) is 19.0. The lowest BCUT2D eigenvalue weighted by molar-refractivity contribution is 0.183. The molecule has 1 aromatic heterocycles. The zero-order valence-corrected chi connectivity index (χ0v) is 12.7. The lowest BCUT2D eigenvalue weighted by Gasteiger charge is -2.37. The quantitative estimate of drug-likeness (QED) is 0.803. The SMILES string of the molecule is CCNCC1(Cc2ccc(CC)s2)CCCCC1. The van der Waals surface area contributed by atoms with E-state index in [1.807, 2.05) is 11.3 Å². The molecule has 0 amide bonds. The first-order valence-corrected chi connectivity index (χ1v) is 8.38. The third-order valence-electron chi connectivity index (χ3n) is 4.28. The molecule has 1 aliphatic rings. The van der Waals surface area contributed by atoms with Crippen LogP contribution in [-0.4, -0.2) is 13.1 Å². The predicted molar refractivity (Wildman–Crippen MR) is 81.5 cm³/mol. The summed E-state index contributed by atoms with van der Waals surface area (Å²) in [7, 11) is 0. The van der Waals surface area contributed by atoms with Crippen molar-refractivity contribution in [3.05, 3.63) is 21.9 Å². The molecule has 0 bridgehead atoms. The van der Waals surface area contributed by atoms with Crippen LogP contribution in [0.4, 0.5) is 0 Å². The van der Waals surface area contributed by atoms with Crippen LogP contribution >= 0.6 is 11.3 Å². The fourth-order valence-electron chi connectivity index (χ4n) is 3.18. The maximum atomic E-state index is 3.60. The van der Waals surface area contributed by atoms with Crippen molar-refractivity contribution in [1.29, 1.82) is 0 Å². The summed E-state index contributed by atoms with van der Waals surface area (Å²) in [6, 6.07) is 4.69. The molecule has 2 heteroatoms. The van der Waals surface area contributed by atoms with Crippen molar-refractivity contribution >= 4 is 11.3 Å². The Kier molecular flexibility index (Phi) is 5.25. The molecule has 18 heavy (non-hydrogen) atoms. The van der Waals surface area contributed by atoms with Crippen molar-refractivity contribution in [3.63, 3.8) is 0 Å². The third kappa shape index (κ3) is 3.58. The fraction of sp³-hybridized carbons (Fsp3) is 0.750. The van der Waals surface area contributed by atoms with Crippen molar-refractivity contribution in [1.82, 2.24) is 5.32 Å². The van der Waals surface area contributed by atoms with Gasteiger partial charge in [-0.2, -0.15) is 0 Å². The third-order valence-corrected chi connectivity index (χ3v) is 5.51. The molecular formula is C16H27NS. The minimum Gasteiger partial charge on any atom is -0.316 e. The van der Waals surface area contributed by atoms with E-state index in [1.165, 1.54) is 51.5 Å². The molecule has 1 nitrogen and oxygen atoms in total. The van der Waals surface area contributed by atoms with Crippen LogP contribution in [0.25, 0.3) is 0 Å². The molecule has 1 saturated carbocycles. The summed E-state index contributed by atoms with van der Waals surface area (Å²) < 4.78 is 0. The summed E-state index contributed by atoms with van der Waals surface area (Å²) in [4.78, 5) is 3.14. The van der Waals surface area contributed by atoms with Crippen molar-refractivity contribution in [2.24, 2.45) is 5.41 Å². The Morgan fingerprint density at radius 3 is 2.44 bits per heavy atom. The van der Waals surface area contributed by atoms with Crippen LogP contribution in [0.5, 0.6) is 0 Å². The Hall–Kier alpha value is -0.340. The minimum atomic E-state index is 0.546. The van der Waals surface area contributed by atoms with Crippen LogP contribution in [0.1, 0.15) is 55.7 Å². The number of hydrogen-bond donors (Lipinski definition) is 1. The molecule has 1 fully saturated rings. The zero-order chi connectivity index (χ0) is 12.8. The Balaban J connectivity index is 2.03. The van der Waals surface area contributed by atoms with E-state index in [0.717, 1.165) is 6.54 Å². The monoisotopic (exact) mass is 265 g/mol. The predicted octanol–water partition coefficient (Wildman–Crippen LogP) is 4.41. The van der Waals surface area contributed by atoms with Crippen LogP contribution in [-0.2, 0) is 12.8 Å². The summed E-state index contributed by atoms with van der Waals surface area (Å²) in [5.74, 6) is 0. The van der Waals surface area contributed by atoms with Gasteiger partial charge in [0.2, 0.25) is 0 Å². The Morgan fingerprint density at radius 1 is 1.11 bits per heavy atom. The molecule has 0 atom stereocenters. The molecule has 1 aliphatic carbocycles. The van der Waals surface area contributed by atoms with E-state index in [0.29, 0.717) is 5.41 Å². The topological polar surface area (TPSA) is 12.0 Å². The number of hydrogen-bond acceptors (Lipinski definition) is 2. The van der Waals surface area contributed by atoms with Gasteiger partial charge in [0.15, 0.2) is 0 Å². The molecule has 0 radical (unpaired) electrons. The van der Waals surface area contributed by atoms with Gasteiger partial charge in [-0.15, -0.1) is 11.3 Å². The van der Waals surface area contributed by atoms with Gasteiger partial charge >= 0.3 is 0 Å². The van der Waals surface area contributed by atoms with E-state index in [4.69, 9.17) is 0 Å². The maximum Gasteiger partial charge on any atom is 0.00541 e. The molecule has 0 aliphatic heterocycles. The highest BCUT2D eigenvalue weighted by atomic mass is 32.1. The highest BCUT2D eigenvalue weighted by Crippen LogP contribution is 2.40. The van der Waals surface area contributed by atoms with Gasteiger partial charge in [0, 0.05) is 16.3 Å². The first kappa shape index (κ1) is 14.1. The van der Waals surface area contributed by atoms with E-state index < -0.39 is 0 Å². The maximum absolute atomic E-state index is 3.60. The van der Waals surface area contributed by atoms with Crippen molar-refractivity contribution in [2.45, 2.75) is 58.8 Å². The second-order valence-electron chi connectivity index (χ2n) is 5.74. The number of aryl methyl sites for hydroxylation is 1. The van der Waals surface area contributed by atoms with Gasteiger partial charge in [0.25, 0.3) is 0 Å². The summed E-state index contributed by atoms with van der Waals surface area (Å²) >= 11 is 2.03. The molecular weight excluding hydrogens is 238 g/mol. The van der Waals surface area contributed by atoms with Crippen LogP contribution in [0.3, 0.4) is 0 Å². The second-order valence-corrected chi connectivity index (χ2v) is 6.99. The van der Waals surface area contributed by atoms with Crippen LogP contribution < -0.4 is 5.32 Å². The Bertz CT molecular complexity index is 350. The van der Waals surface area contributed by atoms with Crippen molar-refractivity contribution in [2.75, 3.05) is 13.1 Å². The fourth-order valence-corrected chi connectivity index (χ4v) is 4.32. The highest BCUT2D eigenvalue weighted by Gasteiger charge is 2.32. The molecule has 0 aromatic carbocycles.